The van der Waals surface area contributed by atoms with Gasteiger partial charge in [-0.15, -0.1) is 0 Å². The van der Waals surface area contributed by atoms with E-state index in [1.165, 1.54) is 5.57 Å². The molecule has 0 aliphatic carbocycles. The number of aryl methyl sites for hydroxylation is 1. The lowest BCUT2D eigenvalue weighted by Crippen LogP contribution is -2.17. The molecule has 0 amide bonds. The SMILES string of the molecule is CC/C(C)=C(/C)N=c1cnccn1C. The largest absolute Gasteiger partial charge is 0.333 e. The molecule has 0 spiro atoms. The fraction of sp³-hybridized carbons (Fsp3) is 0.455. The second-order valence-corrected chi connectivity index (χ2v) is 3.38. The lowest BCUT2D eigenvalue weighted by molar-refractivity contribution is 0.805. The molecule has 76 valence electrons. The highest BCUT2D eigenvalue weighted by Crippen LogP contribution is 2.06. The molecular weight excluding hydrogens is 174 g/mol. The molecule has 1 rings (SSSR count). The summed E-state index contributed by atoms with van der Waals surface area (Å²) in [4.78, 5) is 8.56. The molecule has 0 aliphatic rings. The third-order valence-electron chi connectivity index (χ3n) is 2.36. The number of hydrogen-bond acceptors (Lipinski definition) is 2. The average Bonchev–Trinajstić information content (AvgIpc) is 2.20. The van der Waals surface area contributed by atoms with Crippen molar-refractivity contribution in [2.75, 3.05) is 0 Å². The molecule has 0 aromatic carbocycles. The standard InChI is InChI=1S/C11H17N3/c1-5-9(2)10(3)13-11-8-12-6-7-14(11)4/h6-8H,5H2,1-4H3/b10-9-,13-11?. The van der Waals surface area contributed by atoms with Gasteiger partial charge in [-0.25, -0.2) is 4.99 Å². The van der Waals surface area contributed by atoms with E-state index in [1.807, 2.05) is 24.7 Å². The van der Waals surface area contributed by atoms with Gasteiger partial charge in [0, 0.05) is 25.1 Å². The minimum atomic E-state index is 0.887. The molecule has 14 heavy (non-hydrogen) atoms. The summed E-state index contributed by atoms with van der Waals surface area (Å²) in [5, 5.41) is 0. The Bertz CT molecular complexity index is 399. The summed E-state index contributed by atoms with van der Waals surface area (Å²) in [6, 6.07) is 0. The van der Waals surface area contributed by atoms with Crippen LogP contribution < -0.4 is 5.49 Å². The predicted octanol–water partition coefficient (Wildman–Crippen LogP) is 2.02. The van der Waals surface area contributed by atoms with Gasteiger partial charge in [0.1, 0.15) is 0 Å². The predicted molar refractivity (Wildman–Crippen MR) is 57.4 cm³/mol. The van der Waals surface area contributed by atoms with E-state index in [2.05, 4.69) is 23.8 Å². The van der Waals surface area contributed by atoms with Crippen molar-refractivity contribution in [2.24, 2.45) is 12.0 Å². The average molecular weight is 191 g/mol. The van der Waals surface area contributed by atoms with E-state index in [0.29, 0.717) is 0 Å². The number of nitrogens with zero attached hydrogens (tertiary/aromatic N) is 3. The third-order valence-corrected chi connectivity index (χ3v) is 2.36. The van der Waals surface area contributed by atoms with Crippen LogP contribution in [0.5, 0.6) is 0 Å². The molecule has 0 saturated heterocycles. The molecule has 0 saturated carbocycles. The summed E-state index contributed by atoms with van der Waals surface area (Å²) in [6.07, 6.45) is 6.46. The van der Waals surface area contributed by atoms with Crippen LogP contribution in [-0.4, -0.2) is 9.55 Å². The van der Waals surface area contributed by atoms with Crippen LogP contribution in [-0.2, 0) is 7.05 Å². The number of aromatic nitrogens is 2. The maximum absolute atomic E-state index is 4.51. The molecule has 3 heteroatoms. The smallest absolute Gasteiger partial charge is 0.151 e. The van der Waals surface area contributed by atoms with Gasteiger partial charge in [0.15, 0.2) is 5.49 Å². The molecular formula is C11H17N3. The number of allylic oxidation sites excluding steroid dienone is 2. The topological polar surface area (TPSA) is 30.2 Å². The van der Waals surface area contributed by atoms with Crippen molar-refractivity contribution < 1.29 is 0 Å². The highest BCUT2D eigenvalue weighted by molar-refractivity contribution is 5.07. The van der Waals surface area contributed by atoms with Crippen LogP contribution in [0.4, 0.5) is 0 Å². The zero-order chi connectivity index (χ0) is 10.6. The Balaban J connectivity index is 3.18. The van der Waals surface area contributed by atoms with E-state index >= 15 is 0 Å². The van der Waals surface area contributed by atoms with Gasteiger partial charge in [-0.2, -0.15) is 0 Å². The van der Waals surface area contributed by atoms with E-state index in [9.17, 15) is 0 Å². The monoisotopic (exact) mass is 191 g/mol. The second kappa shape index (κ2) is 4.74. The molecule has 0 atom stereocenters. The Morgan fingerprint density at radius 1 is 1.50 bits per heavy atom. The van der Waals surface area contributed by atoms with Crippen LogP contribution in [0.2, 0.25) is 0 Å². The van der Waals surface area contributed by atoms with E-state index in [1.54, 1.807) is 12.4 Å². The highest BCUT2D eigenvalue weighted by atomic mass is 15.0. The molecule has 0 fully saturated rings. The highest BCUT2D eigenvalue weighted by Gasteiger charge is 1.92. The summed E-state index contributed by atoms with van der Waals surface area (Å²) >= 11 is 0. The summed E-state index contributed by atoms with van der Waals surface area (Å²) < 4.78 is 1.96. The van der Waals surface area contributed by atoms with Crippen molar-refractivity contribution in [2.45, 2.75) is 27.2 Å². The van der Waals surface area contributed by atoms with Gasteiger partial charge in [0.05, 0.1) is 6.20 Å². The molecule has 0 bridgehead atoms. The Labute approximate surface area is 84.8 Å². The summed E-state index contributed by atoms with van der Waals surface area (Å²) in [6.45, 7) is 6.28. The third kappa shape index (κ3) is 2.55. The fourth-order valence-corrected chi connectivity index (χ4v) is 1.05. The van der Waals surface area contributed by atoms with Crippen molar-refractivity contribution in [3.63, 3.8) is 0 Å². The minimum absolute atomic E-state index is 0.887. The summed E-state index contributed by atoms with van der Waals surface area (Å²) in [5.74, 6) is 0. The van der Waals surface area contributed by atoms with Gasteiger partial charge < -0.3 is 4.57 Å². The van der Waals surface area contributed by atoms with E-state index in [0.717, 1.165) is 17.6 Å². The van der Waals surface area contributed by atoms with Gasteiger partial charge in [0.2, 0.25) is 0 Å². The molecule has 1 heterocycles. The molecule has 0 N–H and O–H groups in total. The maximum atomic E-state index is 4.51. The Hall–Kier alpha value is -1.38. The van der Waals surface area contributed by atoms with Gasteiger partial charge in [-0.3, -0.25) is 4.98 Å². The van der Waals surface area contributed by atoms with Crippen molar-refractivity contribution in [3.8, 4) is 0 Å². The van der Waals surface area contributed by atoms with Gasteiger partial charge in [-0.1, -0.05) is 12.5 Å². The van der Waals surface area contributed by atoms with Crippen molar-refractivity contribution in [3.05, 3.63) is 35.3 Å². The van der Waals surface area contributed by atoms with Crippen molar-refractivity contribution >= 4 is 0 Å². The summed E-state index contributed by atoms with van der Waals surface area (Å²) in [7, 11) is 1.97. The Morgan fingerprint density at radius 2 is 2.21 bits per heavy atom. The molecule has 0 aliphatic heterocycles. The zero-order valence-corrected chi connectivity index (χ0v) is 9.28. The first-order chi connectivity index (χ1) is 6.65. The van der Waals surface area contributed by atoms with Gasteiger partial charge >= 0.3 is 0 Å². The maximum Gasteiger partial charge on any atom is 0.151 e. The van der Waals surface area contributed by atoms with Crippen LogP contribution in [0.1, 0.15) is 27.2 Å². The van der Waals surface area contributed by atoms with Crippen LogP contribution in [0.25, 0.3) is 0 Å². The lowest BCUT2D eigenvalue weighted by Gasteiger charge is -2.01. The second-order valence-electron chi connectivity index (χ2n) is 3.38. The lowest BCUT2D eigenvalue weighted by atomic mass is 10.2. The van der Waals surface area contributed by atoms with E-state index < -0.39 is 0 Å². The molecule has 1 aromatic heterocycles. The molecule has 1 aromatic rings. The fourth-order valence-electron chi connectivity index (χ4n) is 1.05. The molecule has 0 radical (unpaired) electrons. The Kier molecular flexibility index (Phi) is 3.63. The molecule has 3 nitrogen and oxygen atoms in total. The van der Waals surface area contributed by atoms with Crippen molar-refractivity contribution in [1.29, 1.82) is 0 Å². The van der Waals surface area contributed by atoms with Gasteiger partial charge in [-0.05, 0) is 20.3 Å². The van der Waals surface area contributed by atoms with Crippen LogP contribution in [0.3, 0.4) is 0 Å². The minimum Gasteiger partial charge on any atom is -0.333 e. The number of rotatable bonds is 2. The normalized spacial score (nSPS) is 14.1. The van der Waals surface area contributed by atoms with Crippen molar-refractivity contribution in [1.82, 2.24) is 9.55 Å². The first-order valence-corrected chi connectivity index (χ1v) is 4.83. The number of hydrogen-bond donors (Lipinski definition) is 0. The molecule has 0 unspecified atom stereocenters. The first-order valence-electron chi connectivity index (χ1n) is 4.83. The quantitative estimate of drug-likeness (QED) is 0.703. The van der Waals surface area contributed by atoms with Crippen LogP contribution >= 0.6 is 0 Å². The van der Waals surface area contributed by atoms with Crippen LogP contribution in [0, 0.1) is 0 Å². The van der Waals surface area contributed by atoms with E-state index in [-0.39, 0.29) is 0 Å². The van der Waals surface area contributed by atoms with Crippen LogP contribution in [0.15, 0.2) is 34.9 Å². The van der Waals surface area contributed by atoms with E-state index in [4.69, 9.17) is 0 Å². The first kappa shape index (κ1) is 10.7. The summed E-state index contributed by atoms with van der Waals surface area (Å²) in [5.41, 5.74) is 3.28. The Morgan fingerprint density at radius 3 is 2.79 bits per heavy atom. The zero-order valence-electron chi connectivity index (χ0n) is 9.28. The van der Waals surface area contributed by atoms with Gasteiger partial charge in [0.25, 0.3) is 0 Å².